The summed E-state index contributed by atoms with van der Waals surface area (Å²) in [5, 5.41) is 17.5. The van der Waals surface area contributed by atoms with Gasteiger partial charge in [0.15, 0.2) is 0 Å². The van der Waals surface area contributed by atoms with Gasteiger partial charge in [0.2, 0.25) is 0 Å². The van der Waals surface area contributed by atoms with E-state index in [0.29, 0.717) is 23.0 Å². The standard InChI is InChI=1S/C10H20O4S3/c11-9(12)1-5-17(7-3-15,8-4-16)6-2-10(13)14/h15-16H,1-8H2,(H,11,12)(H,13,14). The highest BCUT2D eigenvalue weighted by molar-refractivity contribution is 8.34. The maximum Gasteiger partial charge on any atom is 0.304 e. The molecule has 0 rings (SSSR count). The van der Waals surface area contributed by atoms with Gasteiger partial charge in [-0.15, -0.1) is 0 Å². The minimum Gasteiger partial charge on any atom is -0.481 e. The van der Waals surface area contributed by atoms with Gasteiger partial charge in [0, 0.05) is 0 Å². The van der Waals surface area contributed by atoms with Crippen molar-refractivity contribution in [3.63, 3.8) is 0 Å². The van der Waals surface area contributed by atoms with E-state index in [9.17, 15) is 9.59 Å². The zero-order chi connectivity index (χ0) is 13.3. The maximum atomic E-state index is 10.7. The summed E-state index contributed by atoms with van der Waals surface area (Å²) in [5.74, 6) is 2.48. The number of carbonyl (C=O) groups is 2. The predicted octanol–water partition coefficient (Wildman–Crippen LogP) is 1.60. The Kier molecular flexibility index (Phi) is 8.99. The van der Waals surface area contributed by atoms with Crippen LogP contribution in [-0.4, -0.2) is 56.7 Å². The third-order valence-corrected chi connectivity index (χ3v) is 7.88. The first-order valence-corrected chi connectivity index (χ1v) is 8.92. The lowest BCUT2D eigenvalue weighted by Gasteiger charge is -2.39. The van der Waals surface area contributed by atoms with Gasteiger partial charge in [-0.05, 0) is 34.5 Å². The Morgan fingerprint density at radius 2 is 1.18 bits per heavy atom. The van der Waals surface area contributed by atoms with Crippen molar-refractivity contribution < 1.29 is 19.8 Å². The smallest absolute Gasteiger partial charge is 0.304 e. The fraction of sp³-hybridized carbons (Fsp3) is 0.800. The fourth-order valence-electron chi connectivity index (χ4n) is 1.61. The van der Waals surface area contributed by atoms with Gasteiger partial charge in [0.05, 0.1) is 12.8 Å². The number of hydrogen-bond donors (Lipinski definition) is 4. The van der Waals surface area contributed by atoms with Crippen LogP contribution in [0, 0.1) is 0 Å². The van der Waals surface area contributed by atoms with E-state index in [2.05, 4.69) is 25.3 Å². The summed E-state index contributed by atoms with van der Waals surface area (Å²) in [7, 11) is -1.20. The quantitative estimate of drug-likeness (QED) is 0.462. The van der Waals surface area contributed by atoms with E-state index < -0.39 is 22.0 Å². The molecule has 0 atom stereocenters. The van der Waals surface area contributed by atoms with Gasteiger partial charge < -0.3 is 10.2 Å². The molecule has 0 aliphatic rings. The van der Waals surface area contributed by atoms with Crippen LogP contribution in [0.5, 0.6) is 0 Å². The molecular weight excluding hydrogens is 280 g/mol. The third-order valence-electron chi connectivity index (χ3n) is 2.55. The molecule has 0 aromatic rings. The van der Waals surface area contributed by atoms with Gasteiger partial charge in [-0.1, -0.05) is 0 Å². The van der Waals surface area contributed by atoms with Crippen molar-refractivity contribution in [3.05, 3.63) is 0 Å². The predicted molar refractivity (Wildman–Crippen MR) is 79.3 cm³/mol. The van der Waals surface area contributed by atoms with Crippen LogP contribution in [0.25, 0.3) is 0 Å². The second-order valence-electron chi connectivity index (χ2n) is 3.78. The lowest BCUT2D eigenvalue weighted by Crippen LogP contribution is -2.22. The second kappa shape index (κ2) is 8.99. The average molecular weight is 300 g/mol. The molecular formula is C10H20O4S3. The maximum absolute atomic E-state index is 10.7. The zero-order valence-electron chi connectivity index (χ0n) is 9.67. The molecule has 0 saturated heterocycles. The summed E-state index contributed by atoms with van der Waals surface area (Å²) in [5.41, 5.74) is 0. The van der Waals surface area contributed by atoms with Crippen LogP contribution in [0.1, 0.15) is 12.8 Å². The molecule has 0 saturated carbocycles. The van der Waals surface area contributed by atoms with Gasteiger partial charge in [-0.2, -0.15) is 25.3 Å². The average Bonchev–Trinajstić information content (AvgIpc) is 2.24. The molecule has 0 aliphatic carbocycles. The molecule has 0 spiro atoms. The molecule has 2 N–H and O–H groups in total. The minimum absolute atomic E-state index is 0.108. The van der Waals surface area contributed by atoms with Crippen molar-refractivity contribution >= 4 is 47.2 Å². The summed E-state index contributed by atoms with van der Waals surface area (Å²) in [4.78, 5) is 21.3. The first-order valence-electron chi connectivity index (χ1n) is 5.35. The van der Waals surface area contributed by atoms with Crippen molar-refractivity contribution in [3.8, 4) is 0 Å². The highest BCUT2D eigenvalue weighted by atomic mass is 32.3. The lowest BCUT2D eigenvalue weighted by atomic mass is 10.5. The summed E-state index contributed by atoms with van der Waals surface area (Å²) >= 11 is 8.39. The molecule has 0 bridgehead atoms. The van der Waals surface area contributed by atoms with Crippen LogP contribution in [0.3, 0.4) is 0 Å². The van der Waals surface area contributed by atoms with E-state index in [1.54, 1.807) is 0 Å². The van der Waals surface area contributed by atoms with Crippen LogP contribution in [-0.2, 0) is 9.59 Å². The normalized spacial score (nSPS) is 12.4. The third kappa shape index (κ3) is 7.83. The van der Waals surface area contributed by atoms with E-state index in [-0.39, 0.29) is 12.8 Å². The highest BCUT2D eigenvalue weighted by Crippen LogP contribution is 2.49. The summed E-state index contributed by atoms with van der Waals surface area (Å²) in [6, 6.07) is 0. The van der Waals surface area contributed by atoms with E-state index in [1.165, 1.54) is 0 Å². The molecule has 102 valence electrons. The van der Waals surface area contributed by atoms with E-state index in [1.807, 2.05) is 0 Å². The highest BCUT2D eigenvalue weighted by Gasteiger charge is 2.24. The molecule has 4 nitrogen and oxygen atoms in total. The van der Waals surface area contributed by atoms with Crippen LogP contribution < -0.4 is 0 Å². The number of thiol groups is 2. The van der Waals surface area contributed by atoms with Crippen molar-refractivity contribution in [2.75, 3.05) is 34.5 Å². The Morgan fingerprint density at radius 3 is 1.41 bits per heavy atom. The molecule has 17 heavy (non-hydrogen) atoms. The summed E-state index contributed by atoms with van der Waals surface area (Å²) in [6.07, 6.45) is 0.215. The SMILES string of the molecule is O=C(O)CCS(CCS)(CCS)CCC(=O)O. The van der Waals surface area contributed by atoms with Crippen molar-refractivity contribution in [1.82, 2.24) is 0 Å². The molecule has 0 aromatic carbocycles. The van der Waals surface area contributed by atoms with E-state index >= 15 is 0 Å². The number of aliphatic carboxylic acids is 2. The monoisotopic (exact) mass is 300 g/mol. The van der Waals surface area contributed by atoms with Crippen molar-refractivity contribution in [2.45, 2.75) is 12.8 Å². The zero-order valence-corrected chi connectivity index (χ0v) is 12.3. The lowest BCUT2D eigenvalue weighted by molar-refractivity contribution is -0.137. The molecule has 0 fully saturated rings. The Hall–Kier alpha value is -0.0100. The first kappa shape index (κ1) is 17.0. The van der Waals surface area contributed by atoms with Crippen LogP contribution in [0.15, 0.2) is 0 Å². The van der Waals surface area contributed by atoms with Crippen LogP contribution >= 0.6 is 35.3 Å². The summed E-state index contributed by atoms with van der Waals surface area (Å²) in [6.45, 7) is 0. The van der Waals surface area contributed by atoms with Gasteiger partial charge in [-0.25, -0.2) is 10.0 Å². The molecule has 0 radical (unpaired) electrons. The van der Waals surface area contributed by atoms with E-state index in [4.69, 9.17) is 10.2 Å². The molecule has 0 aromatic heterocycles. The Bertz CT molecular complexity index is 232. The van der Waals surface area contributed by atoms with Gasteiger partial charge in [-0.3, -0.25) is 9.59 Å². The van der Waals surface area contributed by atoms with E-state index in [0.717, 1.165) is 11.5 Å². The van der Waals surface area contributed by atoms with Gasteiger partial charge in [0.25, 0.3) is 0 Å². The molecule has 0 unspecified atom stereocenters. The Balaban J connectivity index is 4.57. The van der Waals surface area contributed by atoms with Crippen molar-refractivity contribution in [2.24, 2.45) is 0 Å². The molecule has 0 amide bonds. The minimum atomic E-state index is -1.20. The number of rotatable bonds is 10. The van der Waals surface area contributed by atoms with Gasteiger partial charge >= 0.3 is 11.9 Å². The Morgan fingerprint density at radius 1 is 0.824 bits per heavy atom. The largest absolute Gasteiger partial charge is 0.481 e. The number of hydrogen-bond acceptors (Lipinski definition) is 4. The van der Waals surface area contributed by atoms with Crippen LogP contribution in [0.4, 0.5) is 0 Å². The van der Waals surface area contributed by atoms with Crippen molar-refractivity contribution in [1.29, 1.82) is 0 Å². The summed E-state index contributed by atoms with van der Waals surface area (Å²) < 4.78 is 0. The molecule has 7 heteroatoms. The molecule has 0 aliphatic heterocycles. The first-order chi connectivity index (χ1) is 7.95. The number of carboxylic acid groups (broad SMARTS) is 2. The second-order valence-corrected chi connectivity index (χ2v) is 8.75. The Labute approximate surface area is 114 Å². The molecule has 0 heterocycles. The topological polar surface area (TPSA) is 74.6 Å². The van der Waals surface area contributed by atoms with Gasteiger partial charge in [0.1, 0.15) is 0 Å². The number of carboxylic acids is 2. The fourth-order valence-corrected chi connectivity index (χ4v) is 7.15. The van der Waals surface area contributed by atoms with Crippen LogP contribution in [0.2, 0.25) is 0 Å².